The maximum Gasteiger partial charge on any atom is 0.0624 e. The average Bonchev–Trinajstić information content (AvgIpc) is 2.16. The minimum atomic E-state index is 0.621. The third-order valence-corrected chi connectivity index (χ3v) is 1.48. The Morgan fingerprint density at radius 3 is 2.54 bits per heavy atom. The summed E-state index contributed by atoms with van der Waals surface area (Å²) < 4.78 is 0. The first-order chi connectivity index (χ1) is 6.41. The highest BCUT2D eigenvalue weighted by molar-refractivity contribution is 5.04. The smallest absolute Gasteiger partial charge is 0.0624 e. The summed E-state index contributed by atoms with van der Waals surface area (Å²) in [6, 6.07) is 2.11. The second kappa shape index (κ2) is 10.7. The molecule has 0 saturated heterocycles. The van der Waals surface area contributed by atoms with Crippen molar-refractivity contribution >= 4 is 0 Å². The molecule has 0 aliphatic carbocycles. The molecule has 0 unspecified atom stereocenters. The summed E-state index contributed by atoms with van der Waals surface area (Å²) in [7, 11) is 0. The number of rotatable bonds is 6. The number of allylic oxidation sites excluding steroid dienone is 6. The molecule has 0 aromatic carbocycles. The van der Waals surface area contributed by atoms with Gasteiger partial charge in [-0.2, -0.15) is 5.26 Å². The zero-order chi connectivity index (χ0) is 9.78. The summed E-state index contributed by atoms with van der Waals surface area (Å²) >= 11 is 0. The molecule has 1 nitrogen and oxygen atoms in total. The molecule has 0 aliphatic heterocycles. The Labute approximate surface area is 81.1 Å². The number of hydrogen-bond acceptors (Lipinski definition) is 1. The van der Waals surface area contributed by atoms with E-state index in [0.717, 1.165) is 19.3 Å². The van der Waals surface area contributed by atoms with E-state index in [0.29, 0.717) is 6.42 Å². The van der Waals surface area contributed by atoms with E-state index in [1.807, 2.05) is 0 Å². The van der Waals surface area contributed by atoms with E-state index in [1.165, 1.54) is 0 Å². The number of nitriles is 1. The van der Waals surface area contributed by atoms with Gasteiger partial charge < -0.3 is 0 Å². The van der Waals surface area contributed by atoms with Gasteiger partial charge in [0.25, 0.3) is 0 Å². The Morgan fingerprint density at radius 2 is 1.85 bits per heavy atom. The third-order valence-electron chi connectivity index (χ3n) is 1.48. The fraction of sp³-hybridized carbons (Fsp3) is 0.417. The van der Waals surface area contributed by atoms with E-state index in [-0.39, 0.29) is 0 Å². The lowest BCUT2D eigenvalue weighted by molar-refractivity contribution is 1.05. The SMILES string of the molecule is CC/C=C/C=C/C/C=C/CCC#N. The van der Waals surface area contributed by atoms with Crippen molar-refractivity contribution in [3.05, 3.63) is 36.5 Å². The molecule has 0 bridgehead atoms. The monoisotopic (exact) mass is 175 g/mol. The van der Waals surface area contributed by atoms with E-state index >= 15 is 0 Å². The van der Waals surface area contributed by atoms with Crippen LogP contribution in [-0.4, -0.2) is 0 Å². The molecule has 0 fully saturated rings. The van der Waals surface area contributed by atoms with Crippen LogP contribution < -0.4 is 0 Å². The van der Waals surface area contributed by atoms with Crippen LogP contribution in [0.25, 0.3) is 0 Å². The second-order valence-corrected chi connectivity index (χ2v) is 2.67. The highest BCUT2D eigenvalue weighted by atomic mass is 14.2. The molecule has 0 aromatic heterocycles. The first-order valence-electron chi connectivity index (χ1n) is 4.75. The van der Waals surface area contributed by atoms with Gasteiger partial charge in [0.05, 0.1) is 6.07 Å². The zero-order valence-electron chi connectivity index (χ0n) is 8.24. The van der Waals surface area contributed by atoms with Crippen molar-refractivity contribution < 1.29 is 0 Å². The largest absolute Gasteiger partial charge is 0.198 e. The van der Waals surface area contributed by atoms with Crippen molar-refractivity contribution in [1.29, 1.82) is 5.26 Å². The van der Waals surface area contributed by atoms with Crippen LogP contribution in [0.1, 0.15) is 32.6 Å². The predicted molar refractivity (Wildman–Crippen MR) is 57.2 cm³/mol. The quantitative estimate of drug-likeness (QED) is 0.342. The van der Waals surface area contributed by atoms with Gasteiger partial charge in [-0.1, -0.05) is 43.4 Å². The highest BCUT2D eigenvalue weighted by Crippen LogP contribution is 1.92. The van der Waals surface area contributed by atoms with Gasteiger partial charge in [-0.3, -0.25) is 0 Å². The van der Waals surface area contributed by atoms with Crippen LogP contribution in [0.2, 0.25) is 0 Å². The molecular weight excluding hydrogens is 158 g/mol. The summed E-state index contributed by atoms with van der Waals surface area (Å²) in [6.07, 6.45) is 16.0. The van der Waals surface area contributed by atoms with Crippen molar-refractivity contribution in [1.82, 2.24) is 0 Å². The van der Waals surface area contributed by atoms with Crippen LogP contribution in [-0.2, 0) is 0 Å². The summed E-state index contributed by atoms with van der Waals surface area (Å²) in [5.74, 6) is 0. The first-order valence-corrected chi connectivity index (χ1v) is 4.75. The maximum absolute atomic E-state index is 8.26. The van der Waals surface area contributed by atoms with Crippen LogP contribution in [0.5, 0.6) is 0 Å². The van der Waals surface area contributed by atoms with E-state index in [2.05, 4.69) is 49.4 Å². The molecule has 0 amide bonds. The molecule has 0 atom stereocenters. The molecule has 0 spiro atoms. The fourth-order valence-corrected chi connectivity index (χ4v) is 0.812. The summed E-state index contributed by atoms with van der Waals surface area (Å²) in [5, 5.41) is 8.26. The van der Waals surface area contributed by atoms with Crippen LogP contribution in [0.3, 0.4) is 0 Å². The van der Waals surface area contributed by atoms with Gasteiger partial charge in [-0.05, 0) is 19.3 Å². The maximum atomic E-state index is 8.26. The Balaban J connectivity index is 3.34. The first kappa shape index (κ1) is 11.7. The average molecular weight is 175 g/mol. The minimum Gasteiger partial charge on any atom is -0.198 e. The number of unbranched alkanes of at least 4 members (excludes halogenated alkanes) is 1. The molecule has 1 heteroatoms. The van der Waals surface area contributed by atoms with Crippen molar-refractivity contribution in [2.75, 3.05) is 0 Å². The normalized spacial score (nSPS) is 11.7. The van der Waals surface area contributed by atoms with Gasteiger partial charge in [0, 0.05) is 6.42 Å². The fourth-order valence-electron chi connectivity index (χ4n) is 0.812. The van der Waals surface area contributed by atoms with Gasteiger partial charge in [0.15, 0.2) is 0 Å². The van der Waals surface area contributed by atoms with Crippen molar-refractivity contribution in [2.45, 2.75) is 32.6 Å². The van der Waals surface area contributed by atoms with Crippen LogP contribution >= 0.6 is 0 Å². The van der Waals surface area contributed by atoms with E-state index in [1.54, 1.807) is 0 Å². The van der Waals surface area contributed by atoms with Crippen molar-refractivity contribution in [3.8, 4) is 6.07 Å². The number of nitrogens with zero attached hydrogens (tertiary/aromatic N) is 1. The van der Waals surface area contributed by atoms with Gasteiger partial charge >= 0.3 is 0 Å². The van der Waals surface area contributed by atoms with E-state index in [4.69, 9.17) is 5.26 Å². The molecule has 0 radical (unpaired) electrons. The molecule has 0 saturated carbocycles. The third kappa shape index (κ3) is 10.7. The standard InChI is InChI=1S/C12H17N/c1-2-3-4-5-6-7-8-9-10-11-12-13/h3-6,8-9H,2,7,10-11H2,1H3/b4-3+,6-5+,9-8+. The molecule has 0 aliphatic rings. The van der Waals surface area contributed by atoms with E-state index in [9.17, 15) is 0 Å². The Hall–Kier alpha value is -1.29. The molecule has 13 heavy (non-hydrogen) atoms. The molecule has 0 N–H and O–H groups in total. The summed E-state index contributed by atoms with van der Waals surface area (Å²) in [6.45, 7) is 2.12. The molecule has 0 aromatic rings. The van der Waals surface area contributed by atoms with Gasteiger partial charge in [-0.25, -0.2) is 0 Å². The zero-order valence-corrected chi connectivity index (χ0v) is 8.24. The molecular formula is C12H17N. The van der Waals surface area contributed by atoms with Crippen molar-refractivity contribution in [2.24, 2.45) is 0 Å². The Morgan fingerprint density at radius 1 is 1.08 bits per heavy atom. The topological polar surface area (TPSA) is 23.8 Å². The van der Waals surface area contributed by atoms with Gasteiger partial charge in [0.1, 0.15) is 0 Å². The van der Waals surface area contributed by atoms with Gasteiger partial charge in [0.2, 0.25) is 0 Å². The van der Waals surface area contributed by atoms with E-state index < -0.39 is 0 Å². The van der Waals surface area contributed by atoms with Crippen molar-refractivity contribution in [3.63, 3.8) is 0 Å². The predicted octanol–water partition coefficient (Wildman–Crippen LogP) is 3.76. The second-order valence-electron chi connectivity index (χ2n) is 2.67. The molecule has 70 valence electrons. The highest BCUT2D eigenvalue weighted by Gasteiger charge is 1.75. The minimum absolute atomic E-state index is 0.621. The lowest BCUT2D eigenvalue weighted by Crippen LogP contribution is -1.64. The Kier molecular flexibility index (Phi) is 9.65. The molecule has 0 rings (SSSR count). The van der Waals surface area contributed by atoms with Crippen LogP contribution in [0.4, 0.5) is 0 Å². The van der Waals surface area contributed by atoms with Gasteiger partial charge in [-0.15, -0.1) is 0 Å². The lowest BCUT2D eigenvalue weighted by atomic mass is 10.2. The van der Waals surface area contributed by atoms with Crippen LogP contribution in [0, 0.1) is 11.3 Å². The lowest BCUT2D eigenvalue weighted by Gasteiger charge is -1.82. The molecule has 0 heterocycles. The summed E-state index contributed by atoms with van der Waals surface area (Å²) in [5.41, 5.74) is 0. The van der Waals surface area contributed by atoms with Crippen LogP contribution in [0.15, 0.2) is 36.5 Å². The summed E-state index contributed by atoms with van der Waals surface area (Å²) in [4.78, 5) is 0. The Bertz CT molecular complexity index is 216. The number of hydrogen-bond donors (Lipinski definition) is 0.